The van der Waals surface area contributed by atoms with Crippen molar-refractivity contribution >= 4 is 6.09 Å². The maximum Gasteiger partial charge on any atom is 0.407 e. The zero-order chi connectivity index (χ0) is 21.6. The number of amides is 1. The number of nitrogens with zero attached hydrogens (tertiary/aromatic N) is 2. The molecule has 0 saturated heterocycles. The third-order valence-electron chi connectivity index (χ3n) is 3.55. The van der Waals surface area contributed by atoms with Crippen LogP contribution in [0.15, 0.2) is 28.8 Å². The van der Waals surface area contributed by atoms with Crippen LogP contribution in [0.2, 0.25) is 0 Å². The van der Waals surface area contributed by atoms with Crippen LogP contribution >= 0.6 is 0 Å². The van der Waals surface area contributed by atoms with Gasteiger partial charge in [-0.05, 0) is 54.0 Å². The number of ether oxygens (including phenoxy) is 1. The van der Waals surface area contributed by atoms with Crippen LogP contribution in [0.1, 0.15) is 71.1 Å². The smallest absolute Gasteiger partial charge is 0.407 e. The van der Waals surface area contributed by atoms with Crippen LogP contribution in [0.25, 0.3) is 0 Å². The number of aryl methyl sites for hydroxylation is 1. The van der Waals surface area contributed by atoms with Gasteiger partial charge in [-0.1, -0.05) is 29.5 Å². The van der Waals surface area contributed by atoms with Crippen LogP contribution in [0.4, 0.5) is 4.79 Å². The molecule has 8 heteroatoms. The van der Waals surface area contributed by atoms with E-state index in [2.05, 4.69) is 33.5 Å². The van der Waals surface area contributed by atoms with Crippen LogP contribution < -0.4 is 16.8 Å². The van der Waals surface area contributed by atoms with Gasteiger partial charge in [0.1, 0.15) is 5.60 Å². The average Bonchev–Trinajstić information content (AvgIpc) is 3.09. The second-order valence-corrected chi connectivity index (χ2v) is 7.33. The molecule has 0 spiro atoms. The van der Waals surface area contributed by atoms with Crippen molar-refractivity contribution in [2.75, 3.05) is 13.6 Å². The Hall–Kier alpha value is -2.19. The quantitative estimate of drug-likeness (QED) is 0.411. The third-order valence-corrected chi connectivity index (χ3v) is 3.55. The van der Waals surface area contributed by atoms with E-state index < -0.39 is 5.60 Å². The maximum absolute atomic E-state index is 11.5. The molecule has 0 aliphatic carbocycles. The van der Waals surface area contributed by atoms with E-state index in [9.17, 15) is 4.79 Å². The highest BCUT2D eigenvalue weighted by Crippen LogP contribution is 2.14. The molecule has 1 amide bonds. The predicted octanol–water partition coefficient (Wildman–Crippen LogP) is 2.69. The first-order chi connectivity index (χ1) is 13.2. The van der Waals surface area contributed by atoms with Crippen LogP contribution in [-0.4, -0.2) is 35.4 Å². The van der Waals surface area contributed by atoms with Crippen molar-refractivity contribution in [2.45, 2.75) is 71.4 Å². The Labute approximate surface area is 168 Å². The second-order valence-electron chi connectivity index (χ2n) is 7.33. The Morgan fingerprint density at radius 1 is 1.39 bits per heavy atom. The zero-order valence-corrected chi connectivity index (χ0v) is 18.1. The van der Waals surface area contributed by atoms with Gasteiger partial charge in [-0.25, -0.2) is 4.79 Å². The Morgan fingerprint density at radius 3 is 2.68 bits per heavy atom. The number of alkyl carbamates (subject to hydrolysis) is 1. The van der Waals surface area contributed by atoms with Gasteiger partial charge in [0.2, 0.25) is 0 Å². The SMILES string of the molecule is C=C(/C=C\C)CCc1noc(C([NH3+])CCCCNC(=O)OC(C)(C)C)n1.CN. The van der Waals surface area contributed by atoms with E-state index in [-0.39, 0.29) is 12.1 Å². The van der Waals surface area contributed by atoms with Gasteiger partial charge in [0, 0.05) is 19.4 Å². The molecule has 1 unspecified atom stereocenters. The first-order valence-electron chi connectivity index (χ1n) is 9.72. The number of unbranched alkanes of at least 4 members (excludes halogenated alkanes) is 1. The fraction of sp³-hybridized carbons (Fsp3) is 0.650. The number of quaternary nitrogens is 1. The second kappa shape index (κ2) is 13.9. The number of carbonyl (C=O) groups excluding carboxylic acids is 1. The fourth-order valence-corrected chi connectivity index (χ4v) is 2.27. The highest BCUT2D eigenvalue weighted by atomic mass is 16.6. The lowest BCUT2D eigenvalue weighted by Gasteiger charge is -2.19. The van der Waals surface area contributed by atoms with E-state index in [1.807, 2.05) is 39.8 Å². The van der Waals surface area contributed by atoms with Crippen LogP contribution in [0.3, 0.4) is 0 Å². The Morgan fingerprint density at radius 2 is 2.07 bits per heavy atom. The van der Waals surface area contributed by atoms with Gasteiger partial charge in [0.25, 0.3) is 5.89 Å². The lowest BCUT2D eigenvalue weighted by atomic mass is 10.1. The summed E-state index contributed by atoms with van der Waals surface area (Å²) in [4.78, 5) is 16.0. The number of hydrogen-bond donors (Lipinski definition) is 3. The van der Waals surface area contributed by atoms with Crippen molar-refractivity contribution in [1.82, 2.24) is 15.5 Å². The van der Waals surface area contributed by atoms with Crippen molar-refractivity contribution < 1.29 is 19.8 Å². The molecule has 0 saturated carbocycles. The van der Waals surface area contributed by atoms with Gasteiger partial charge >= 0.3 is 6.09 Å². The summed E-state index contributed by atoms with van der Waals surface area (Å²) in [6.07, 6.45) is 7.65. The number of hydrogen-bond acceptors (Lipinski definition) is 6. The van der Waals surface area contributed by atoms with Gasteiger partial charge in [-0.3, -0.25) is 0 Å². The molecule has 0 aromatic carbocycles. The van der Waals surface area contributed by atoms with E-state index in [1.54, 1.807) is 0 Å². The number of nitrogens with one attached hydrogen (secondary N) is 1. The monoisotopic (exact) mass is 396 g/mol. The first-order valence-corrected chi connectivity index (χ1v) is 9.72. The number of carbonyl (C=O) groups is 1. The largest absolute Gasteiger partial charge is 0.444 e. The summed E-state index contributed by atoms with van der Waals surface area (Å²) < 4.78 is 10.5. The third kappa shape index (κ3) is 12.2. The summed E-state index contributed by atoms with van der Waals surface area (Å²) in [6.45, 7) is 12.0. The summed E-state index contributed by atoms with van der Waals surface area (Å²) in [6, 6.07) is -0.0449. The lowest BCUT2D eigenvalue weighted by molar-refractivity contribution is -0.433. The first kappa shape index (κ1) is 25.8. The van der Waals surface area contributed by atoms with Gasteiger partial charge < -0.3 is 26.0 Å². The van der Waals surface area contributed by atoms with Crippen molar-refractivity contribution in [3.05, 3.63) is 36.0 Å². The molecule has 1 aromatic rings. The number of nitrogens with two attached hydrogens (primary N) is 1. The Kier molecular flexibility index (Phi) is 12.8. The van der Waals surface area contributed by atoms with E-state index in [0.29, 0.717) is 24.7 Å². The average molecular weight is 397 g/mol. The van der Waals surface area contributed by atoms with Crippen molar-refractivity contribution in [3.63, 3.8) is 0 Å². The highest BCUT2D eigenvalue weighted by molar-refractivity contribution is 5.67. The fourth-order valence-electron chi connectivity index (χ4n) is 2.27. The molecular formula is C20H38N5O3+. The molecule has 1 aromatic heterocycles. The standard InChI is InChI=1S/C19H32N4O3.CH5N/c1-6-9-14(2)11-12-16-22-17(26-23-16)15(20)10-7-8-13-21-18(24)25-19(3,4)5;1-2/h6,9,15H,2,7-8,10-13,20H2,1,3-5H3,(H,21,24);2H2,1H3/p+1/b9-6-;. The maximum atomic E-state index is 11.5. The number of aromatic nitrogens is 2. The van der Waals surface area contributed by atoms with E-state index in [1.165, 1.54) is 7.05 Å². The van der Waals surface area contributed by atoms with Crippen LogP contribution in [0, 0.1) is 0 Å². The topological polar surface area (TPSA) is 131 Å². The molecule has 0 fully saturated rings. The zero-order valence-electron chi connectivity index (χ0n) is 18.1. The Bertz CT molecular complexity index is 605. The predicted molar refractivity (Wildman–Crippen MR) is 110 cm³/mol. The molecule has 1 rings (SSSR count). The van der Waals surface area contributed by atoms with Crippen molar-refractivity contribution in [3.8, 4) is 0 Å². The molecule has 0 aliphatic rings. The minimum atomic E-state index is -0.475. The normalized spacial score (nSPS) is 12.2. The van der Waals surface area contributed by atoms with Gasteiger partial charge in [0.05, 0.1) is 0 Å². The highest BCUT2D eigenvalue weighted by Gasteiger charge is 2.18. The summed E-state index contributed by atoms with van der Waals surface area (Å²) in [7, 11) is 1.50. The summed E-state index contributed by atoms with van der Waals surface area (Å²) in [5, 5.41) is 6.75. The summed E-state index contributed by atoms with van der Waals surface area (Å²) in [5.74, 6) is 1.25. The molecule has 28 heavy (non-hydrogen) atoms. The molecule has 1 atom stereocenters. The molecule has 160 valence electrons. The number of allylic oxidation sites excluding steroid dienone is 3. The molecular weight excluding hydrogens is 358 g/mol. The molecule has 0 aliphatic heterocycles. The lowest BCUT2D eigenvalue weighted by Crippen LogP contribution is -2.53. The molecule has 6 N–H and O–H groups in total. The molecule has 1 heterocycles. The Balaban J connectivity index is 0.00000352. The van der Waals surface area contributed by atoms with Gasteiger partial charge in [0.15, 0.2) is 11.9 Å². The molecule has 0 bridgehead atoms. The van der Waals surface area contributed by atoms with Gasteiger partial charge in [-0.15, -0.1) is 0 Å². The van der Waals surface area contributed by atoms with E-state index in [4.69, 9.17) is 9.26 Å². The molecule has 8 nitrogen and oxygen atoms in total. The van der Waals surface area contributed by atoms with Crippen LogP contribution in [0.5, 0.6) is 0 Å². The van der Waals surface area contributed by atoms with Crippen LogP contribution in [-0.2, 0) is 11.2 Å². The number of rotatable bonds is 10. The van der Waals surface area contributed by atoms with E-state index >= 15 is 0 Å². The van der Waals surface area contributed by atoms with Crippen molar-refractivity contribution in [2.24, 2.45) is 5.73 Å². The van der Waals surface area contributed by atoms with Gasteiger partial charge in [-0.2, -0.15) is 4.98 Å². The van der Waals surface area contributed by atoms with Crippen molar-refractivity contribution in [1.29, 1.82) is 0 Å². The minimum Gasteiger partial charge on any atom is -0.444 e. The van der Waals surface area contributed by atoms with E-state index in [0.717, 1.165) is 31.3 Å². The molecule has 0 radical (unpaired) electrons. The summed E-state index contributed by atoms with van der Waals surface area (Å²) in [5.41, 5.74) is 9.16. The summed E-state index contributed by atoms with van der Waals surface area (Å²) >= 11 is 0. The minimum absolute atomic E-state index is 0.0449.